The van der Waals surface area contributed by atoms with Crippen molar-refractivity contribution in [2.45, 2.75) is 33.2 Å². The molecule has 0 radical (unpaired) electrons. The zero-order chi connectivity index (χ0) is 25.8. The van der Waals surface area contributed by atoms with Gasteiger partial charge < -0.3 is 15.0 Å². The monoisotopic (exact) mass is 504 g/mol. The Morgan fingerprint density at radius 3 is 2.58 bits per heavy atom. The second kappa shape index (κ2) is 10.8. The summed E-state index contributed by atoms with van der Waals surface area (Å²) in [7, 11) is 1.58. The average Bonchev–Trinajstić information content (AvgIpc) is 2.87. The Hall–Kier alpha value is -3.84. The van der Waals surface area contributed by atoms with Crippen molar-refractivity contribution in [1.82, 2.24) is 14.5 Å². The lowest BCUT2D eigenvalue weighted by Gasteiger charge is -2.30. The van der Waals surface area contributed by atoms with E-state index in [1.807, 2.05) is 57.2 Å². The molecular formula is C28H29ClN4O3. The van der Waals surface area contributed by atoms with Gasteiger partial charge in [0.05, 0.1) is 29.7 Å². The highest BCUT2D eigenvalue weighted by Crippen LogP contribution is 2.26. The van der Waals surface area contributed by atoms with Gasteiger partial charge in [0.25, 0.3) is 5.56 Å². The molecule has 7 nitrogen and oxygen atoms in total. The van der Waals surface area contributed by atoms with E-state index in [1.54, 1.807) is 46.9 Å². The zero-order valence-corrected chi connectivity index (χ0v) is 21.5. The number of aryl methyl sites for hydroxylation is 1. The molecule has 8 heteroatoms. The third-order valence-electron chi connectivity index (χ3n) is 6.04. The first-order valence-corrected chi connectivity index (χ1v) is 12.2. The Morgan fingerprint density at radius 2 is 1.89 bits per heavy atom. The molecule has 3 aromatic carbocycles. The molecule has 0 saturated heterocycles. The minimum atomic E-state index is -0.520. The lowest BCUT2D eigenvalue weighted by Crippen LogP contribution is -2.40. The van der Waals surface area contributed by atoms with Gasteiger partial charge in [-0.3, -0.25) is 9.36 Å². The average molecular weight is 505 g/mol. The zero-order valence-electron chi connectivity index (χ0n) is 20.8. The van der Waals surface area contributed by atoms with E-state index in [0.29, 0.717) is 45.4 Å². The summed E-state index contributed by atoms with van der Waals surface area (Å²) in [5.41, 5.74) is 2.64. The van der Waals surface area contributed by atoms with Gasteiger partial charge in [0.2, 0.25) is 0 Å². The molecule has 0 aliphatic carbocycles. The molecule has 1 N–H and O–H groups in total. The van der Waals surface area contributed by atoms with Crippen LogP contribution in [0.2, 0.25) is 5.02 Å². The lowest BCUT2D eigenvalue weighted by molar-refractivity contribution is 0.189. The highest BCUT2D eigenvalue weighted by atomic mass is 35.5. The fraction of sp³-hybridized carbons (Fsp3) is 0.250. The van der Waals surface area contributed by atoms with E-state index < -0.39 is 6.04 Å². The van der Waals surface area contributed by atoms with Crippen LogP contribution in [-0.4, -0.2) is 34.1 Å². The third kappa shape index (κ3) is 5.21. The topological polar surface area (TPSA) is 76.5 Å². The van der Waals surface area contributed by atoms with Crippen LogP contribution >= 0.6 is 11.6 Å². The Kier molecular flexibility index (Phi) is 7.60. The highest BCUT2D eigenvalue weighted by Gasteiger charge is 2.26. The summed E-state index contributed by atoms with van der Waals surface area (Å²) >= 11 is 6.22. The van der Waals surface area contributed by atoms with Crippen molar-refractivity contribution in [3.05, 3.63) is 93.5 Å². The van der Waals surface area contributed by atoms with Gasteiger partial charge >= 0.3 is 6.03 Å². The number of rotatable bonds is 7. The number of methoxy groups -OCH3 is 1. The first kappa shape index (κ1) is 25.3. The van der Waals surface area contributed by atoms with Gasteiger partial charge in [-0.2, -0.15) is 0 Å². The summed E-state index contributed by atoms with van der Waals surface area (Å²) in [4.78, 5) is 33.7. The number of aromatic nitrogens is 2. The van der Waals surface area contributed by atoms with Gasteiger partial charge in [0.15, 0.2) is 0 Å². The molecule has 186 valence electrons. The molecular weight excluding hydrogens is 476 g/mol. The Labute approximate surface area is 215 Å². The molecule has 0 aliphatic rings. The van der Waals surface area contributed by atoms with E-state index >= 15 is 0 Å². The number of halogens is 1. The van der Waals surface area contributed by atoms with E-state index in [1.165, 1.54) is 0 Å². The number of nitrogens with one attached hydrogen (secondary N) is 1. The van der Waals surface area contributed by atoms with Gasteiger partial charge in [-0.05, 0) is 62.7 Å². The van der Waals surface area contributed by atoms with Crippen LogP contribution in [0.15, 0.2) is 71.5 Å². The summed E-state index contributed by atoms with van der Waals surface area (Å²) in [5, 5.41) is 3.90. The van der Waals surface area contributed by atoms with Crippen LogP contribution in [0.1, 0.15) is 37.7 Å². The van der Waals surface area contributed by atoms with Gasteiger partial charge in [-0.15, -0.1) is 0 Å². The van der Waals surface area contributed by atoms with Crippen molar-refractivity contribution in [2.75, 3.05) is 19.0 Å². The van der Waals surface area contributed by atoms with Crippen LogP contribution in [0.3, 0.4) is 0 Å². The molecule has 0 bridgehead atoms. The van der Waals surface area contributed by atoms with E-state index in [-0.39, 0.29) is 11.6 Å². The van der Waals surface area contributed by atoms with E-state index in [4.69, 9.17) is 21.3 Å². The van der Waals surface area contributed by atoms with Crippen molar-refractivity contribution < 1.29 is 9.53 Å². The molecule has 0 saturated carbocycles. The number of anilines is 1. The van der Waals surface area contributed by atoms with Crippen LogP contribution in [0.5, 0.6) is 5.75 Å². The molecule has 0 fully saturated rings. The first-order valence-electron chi connectivity index (χ1n) is 11.8. The Morgan fingerprint density at radius 1 is 1.14 bits per heavy atom. The highest BCUT2D eigenvalue weighted by molar-refractivity contribution is 6.31. The summed E-state index contributed by atoms with van der Waals surface area (Å²) < 4.78 is 6.86. The second-order valence-corrected chi connectivity index (χ2v) is 9.08. The number of carbonyl (C=O) groups excluding carboxylic acids is 1. The van der Waals surface area contributed by atoms with Crippen LogP contribution in [0, 0.1) is 6.92 Å². The van der Waals surface area contributed by atoms with Gasteiger partial charge in [-0.25, -0.2) is 9.78 Å². The fourth-order valence-corrected chi connectivity index (χ4v) is 4.31. The molecule has 4 aromatic rings. The van der Waals surface area contributed by atoms with Crippen molar-refractivity contribution in [3.63, 3.8) is 0 Å². The van der Waals surface area contributed by atoms with Crippen molar-refractivity contribution >= 4 is 34.2 Å². The van der Waals surface area contributed by atoms with Crippen molar-refractivity contribution in [1.29, 1.82) is 0 Å². The van der Waals surface area contributed by atoms with Gasteiger partial charge in [0.1, 0.15) is 11.6 Å². The van der Waals surface area contributed by atoms with Crippen LogP contribution in [0.25, 0.3) is 16.6 Å². The van der Waals surface area contributed by atoms with E-state index in [9.17, 15) is 9.59 Å². The maximum atomic E-state index is 13.7. The van der Waals surface area contributed by atoms with E-state index in [2.05, 4.69) is 5.32 Å². The molecule has 1 aromatic heterocycles. The van der Waals surface area contributed by atoms with E-state index in [0.717, 1.165) is 12.0 Å². The second-order valence-electron chi connectivity index (χ2n) is 8.64. The van der Waals surface area contributed by atoms with Crippen molar-refractivity contribution in [2.24, 2.45) is 0 Å². The standard InChI is InChI=1S/C28H29ClN4O3/c1-5-15-32(28(35)30-21-7-6-8-23(17-21)36-4)19(3)26-31-25-16-20(29)11-14-24(25)27(34)33(26)22-12-9-18(2)10-13-22/h6-14,16-17,19H,5,15H2,1-4H3,(H,30,35). The number of carbonyl (C=O) groups is 1. The maximum absolute atomic E-state index is 13.7. The number of amides is 2. The fourth-order valence-electron chi connectivity index (χ4n) is 4.15. The maximum Gasteiger partial charge on any atom is 0.322 e. The number of hydrogen-bond donors (Lipinski definition) is 1. The third-order valence-corrected chi connectivity index (χ3v) is 6.27. The molecule has 1 atom stereocenters. The number of urea groups is 1. The molecule has 1 unspecified atom stereocenters. The number of fused-ring (bicyclic) bond motifs is 1. The van der Waals surface area contributed by atoms with Gasteiger partial charge in [-0.1, -0.05) is 42.3 Å². The van der Waals surface area contributed by atoms with Crippen LogP contribution in [0.4, 0.5) is 10.5 Å². The first-order chi connectivity index (χ1) is 17.3. The van der Waals surface area contributed by atoms with Crippen LogP contribution in [-0.2, 0) is 0 Å². The molecule has 0 spiro atoms. The number of nitrogens with zero attached hydrogens (tertiary/aromatic N) is 3. The smallest absolute Gasteiger partial charge is 0.322 e. The molecule has 2 amide bonds. The molecule has 4 rings (SSSR count). The summed E-state index contributed by atoms with van der Waals surface area (Å²) in [6, 6.07) is 19.1. The van der Waals surface area contributed by atoms with Crippen LogP contribution < -0.4 is 15.6 Å². The predicted octanol–water partition coefficient (Wildman–Crippen LogP) is 6.36. The Balaban J connectivity index is 1.82. The normalized spacial score (nSPS) is 11.8. The summed E-state index contributed by atoms with van der Waals surface area (Å²) in [6.07, 6.45) is 0.726. The SMILES string of the molecule is CCCN(C(=O)Nc1cccc(OC)c1)C(C)c1nc2cc(Cl)ccc2c(=O)n1-c1ccc(C)cc1. The minimum Gasteiger partial charge on any atom is -0.497 e. The molecule has 36 heavy (non-hydrogen) atoms. The quantitative estimate of drug-likeness (QED) is 0.317. The summed E-state index contributed by atoms with van der Waals surface area (Å²) in [6.45, 7) is 6.33. The van der Waals surface area contributed by atoms with Crippen molar-refractivity contribution in [3.8, 4) is 11.4 Å². The molecule has 1 heterocycles. The van der Waals surface area contributed by atoms with Gasteiger partial charge in [0, 0.05) is 23.3 Å². The lowest BCUT2D eigenvalue weighted by atomic mass is 10.1. The number of ether oxygens (including phenoxy) is 1. The molecule has 0 aliphatic heterocycles. The number of hydrogen-bond acceptors (Lipinski definition) is 4. The summed E-state index contributed by atoms with van der Waals surface area (Å²) in [5.74, 6) is 1.09. The number of benzene rings is 3. The largest absolute Gasteiger partial charge is 0.497 e. The predicted molar refractivity (Wildman–Crippen MR) is 145 cm³/mol. The Bertz CT molecular complexity index is 1450. The minimum absolute atomic E-state index is 0.216.